The highest BCUT2D eigenvalue weighted by molar-refractivity contribution is 7.80. The Morgan fingerprint density at radius 1 is 1.00 bits per heavy atom. The largest absolute Gasteiger partial charge is 0.497 e. The molecule has 0 spiro atoms. The van der Waals surface area contributed by atoms with Gasteiger partial charge in [0.2, 0.25) is 0 Å². The molecule has 0 radical (unpaired) electrons. The fraction of sp³-hybridized carbons (Fsp3) is 0.207. The molecular formula is C29H27ClN2O6S. The molecule has 0 saturated carbocycles. The van der Waals surface area contributed by atoms with Crippen LogP contribution in [0.2, 0.25) is 5.02 Å². The number of hydrogen-bond donors (Lipinski definition) is 0. The standard InChI is InChI=1S/C29H27ClN2O6S/c1-4-37-26-16-19(8-13-25(26)38-18-20-6-5-7-21(30)14-20)15-24-28(34)32(22-9-11-23(35-2)12-10-22)29(39)31(24)17-27(33)36-3/h5-16H,4,17-18H2,1-3H3/b24-15-. The Morgan fingerprint density at radius 2 is 1.77 bits per heavy atom. The minimum Gasteiger partial charge on any atom is -0.497 e. The van der Waals surface area contributed by atoms with E-state index in [-0.39, 0.29) is 23.3 Å². The number of benzene rings is 3. The number of hydrogen-bond acceptors (Lipinski definition) is 7. The van der Waals surface area contributed by atoms with Crippen LogP contribution in [0.25, 0.3) is 6.08 Å². The Morgan fingerprint density at radius 3 is 2.44 bits per heavy atom. The molecule has 39 heavy (non-hydrogen) atoms. The number of esters is 1. The first-order chi connectivity index (χ1) is 18.8. The van der Waals surface area contributed by atoms with Crippen molar-refractivity contribution in [2.45, 2.75) is 13.5 Å². The summed E-state index contributed by atoms with van der Waals surface area (Å²) in [6, 6.07) is 19.7. The van der Waals surface area contributed by atoms with E-state index >= 15 is 0 Å². The number of ether oxygens (including phenoxy) is 4. The molecule has 1 amide bonds. The van der Waals surface area contributed by atoms with Gasteiger partial charge in [-0.3, -0.25) is 14.5 Å². The van der Waals surface area contributed by atoms with Crippen LogP contribution in [0.4, 0.5) is 5.69 Å². The Bertz CT molecular complexity index is 1410. The molecule has 1 heterocycles. The van der Waals surface area contributed by atoms with Crippen LogP contribution in [-0.4, -0.2) is 49.3 Å². The fourth-order valence-electron chi connectivity index (χ4n) is 3.93. The summed E-state index contributed by atoms with van der Waals surface area (Å²) < 4.78 is 21.9. The van der Waals surface area contributed by atoms with Crippen LogP contribution in [0.15, 0.2) is 72.4 Å². The Labute approximate surface area is 237 Å². The highest BCUT2D eigenvalue weighted by Gasteiger charge is 2.40. The lowest BCUT2D eigenvalue weighted by Gasteiger charge is -2.19. The highest BCUT2D eigenvalue weighted by atomic mass is 35.5. The first-order valence-electron chi connectivity index (χ1n) is 12.1. The van der Waals surface area contributed by atoms with Crippen molar-refractivity contribution < 1.29 is 28.5 Å². The molecule has 1 aliphatic heterocycles. The van der Waals surface area contributed by atoms with Gasteiger partial charge in [0.1, 0.15) is 24.6 Å². The van der Waals surface area contributed by atoms with Crippen LogP contribution in [0.5, 0.6) is 17.2 Å². The zero-order valence-electron chi connectivity index (χ0n) is 21.7. The van der Waals surface area contributed by atoms with Crippen molar-refractivity contribution in [3.63, 3.8) is 0 Å². The molecule has 0 N–H and O–H groups in total. The van der Waals surface area contributed by atoms with E-state index in [9.17, 15) is 9.59 Å². The van der Waals surface area contributed by atoms with E-state index in [0.29, 0.717) is 46.7 Å². The van der Waals surface area contributed by atoms with E-state index in [1.165, 1.54) is 16.9 Å². The number of thiocarbonyl (C=S) groups is 1. The number of halogens is 1. The van der Waals surface area contributed by atoms with Gasteiger partial charge in [-0.25, -0.2) is 0 Å². The van der Waals surface area contributed by atoms with Crippen LogP contribution >= 0.6 is 23.8 Å². The second-order valence-corrected chi connectivity index (χ2v) is 9.17. The normalized spacial score (nSPS) is 14.1. The van der Waals surface area contributed by atoms with Crippen molar-refractivity contribution in [2.75, 3.05) is 32.3 Å². The summed E-state index contributed by atoms with van der Waals surface area (Å²) >= 11 is 11.7. The molecule has 1 saturated heterocycles. The summed E-state index contributed by atoms with van der Waals surface area (Å²) in [5.41, 5.74) is 2.34. The molecular weight excluding hydrogens is 540 g/mol. The van der Waals surface area contributed by atoms with Crippen molar-refractivity contribution in [1.82, 2.24) is 4.90 Å². The molecule has 0 atom stereocenters. The molecule has 1 aliphatic rings. The first-order valence-corrected chi connectivity index (χ1v) is 12.9. The van der Waals surface area contributed by atoms with Crippen LogP contribution in [0.3, 0.4) is 0 Å². The van der Waals surface area contributed by atoms with Crippen molar-refractivity contribution in [3.8, 4) is 17.2 Å². The molecule has 3 aromatic carbocycles. The lowest BCUT2D eigenvalue weighted by atomic mass is 10.1. The average molecular weight is 567 g/mol. The number of nitrogens with zero attached hydrogens (tertiary/aromatic N) is 2. The molecule has 0 aliphatic carbocycles. The first kappa shape index (κ1) is 27.9. The van der Waals surface area contributed by atoms with Gasteiger partial charge >= 0.3 is 5.97 Å². The van der Waals surface area contributed by atoms with Crippen LogP contribution in [0, 0.1) is 0 Å². The van der Waals surface area contributed by atoms with Gasteiger partial charge in [0.05, 0.1) is 26.5 Å². The fourth-order valence-corrected chi connectivity index (χ4v) is 4.50. The van der Waals surface area contributed by atoms with Gasteiger partial charge in [-0.05, 0) is 84.9 Å². The van der Waals surface area contributed by atoms with E-state index in [4.69, 9.17) is 42.8 Å². The maximum atomic E-state index is 13.6. The molecule has 0 unspecified atom stereocenters. The predicted molar refractivity (Wildman–Crippen MR) is 153 cm³/mol. The summed E-state index contributed by atoms with van der Waals surface area (Å²) in [5, 5.41) is 0.788. The zero-order chi connectivity index (χ0) is 27.9. The number of rotatable bonds is 10. The van der Waals surface area contributed by atoms with Gasteiger partial charge in [0, 0.05) is 5.02 Å². The second-order valence-electron chi connectivity index (χ2n) is 8.37. The smallest absolute Gasteiger partial charge is 0.325 e. The molecule has 0 aromatic heterocycles. The van der Waals surface area contributed by atoms with Crippen molar-refractivity contribution >= 4 is 52.6 Å². The van der Waals surface area contributed by atoms with Crippen molar-refractivity contribution in [2.24, 2.45) is 0 Å². The van der Waals surface area contributed by atoms with Crippen molar-refractivity contribution in [3.05, 3.63) is 88.6 Å². The topological polar surface area (TPSA) is 77.5 Å². The number of carbonyl (C=O) groups is 2. The average Bonchev–Trinajstić information content (AvgIpc) is 3.16. The summed E-state index contributed by atoms with van der Waals surface area (Å²) in [7, 11) is 2.84. The summed E-state index contributed by atoms with van der Waals surface area (Å²) in [6.07, 6.45) is 1.66. The maximum Gasteiger partial charge on any atom is 0.325 e. The minimum absolute atomic E-state index is 0.160. The Kier molecular flexibility index (Phi) is 9.06. The molecule has 0 bridgehead atoms. The number of carbonyl (C=O) groups excluding carboxylic acids is 2. The number of anilines is 1. The minimum atomic E-state index is -0.535. The molecule has 4 rings (SSSR count). The Hall–Kier alpha value is -4.08. The highest BCUT2D eigenvalue weighted by Crippen LogP contribution is 2.33. The van der Waals surface area contributed by atoms with Crippen LogP contribution < -0.4 is 19.1 Å². The number of amides is 1. The molecule has 202 valence electrons. The van der Waals surface area contributed by atoms with Crippen LogP contribution in [-0.2, 0) is 20.9 Å². The second kappa shape index (κ2) is 12.6. The third-order valence-corrected chi connectivity index (χ3v) is 6.47. The molecule has 1 fully saturated rings. The SMILES string of the molecule is CCOc1cc(/C=C2/C(=O)N(c3ccc(OC)cc3)C(=S)N2CC(=O)OC)ccc1OCc1cccc(Cl)c1. The van der Waals surface area contributed by atoms with Gasteiger partial charge in [-0.15, -0.1) is 0 Å². The monoisotopic (exact) mass is 566 g/mol. The van der Waals surface area contributed by atoms with Gasteiger partial charge in [0.25, 0.3) is 5.91 Å². The summed E-state index contributed by atoms with van der Waals surface area (Å²) in [6.45, 7) is 2.36. The molecule has 10 heteroatoms. The third-order valence-electron chi connectivity index (χ3n) is 5.84. The maximum absolute atomic E-state index is 13.6. The van der Waals surface area contributed by atoms with E-state index in [0.717, 1.165) is 5.56 Å². The zero-order valence-corrected chi connectivity index (χ0v) is 23.3. The number of methoxy groups -OCH3 is 2. The summed E-state index contributed by atoms with van der Waals surface area (Å²) in [5.74, 6) is 0.771. The van der Waals surface area contributed by atoms with Gasteiger partial charge < -0.3 is 23.8 Å². The lowest BCUT2D eigenvalue weighted by molar-refractivity contribution is -0.140. The predicted octanol–water partition coefficient (Wildman–Crippen LogP) is 5.47. The van der Waals surface area contributed by atoms with Gasteiger partial charge in [-0.1, -0.05) is 29.8 Å². The van der Waals surface area contributed by atoms with Gasteiger partial charge in [-0.2, -0.15) is 0 Å². The quantitative estimate of drug-likeness (QED) is 0.181. The van der Waals surface area contributed by atoms with Crippen LogP contribution in [0.1, 0.15) is 18.1 Å². The van der Waals surface area contributed by atoms with E-state index in [1.54, 1.807) is 61.7 Å². The van der Waals surface area contributed by atoms with E-state index < -0.39 is 5.97 Å². The van der Waals surface area contributed by atoms with E-state index in [1.807, 2.05) is 25.1 Å². The molecule has 8 nitrogen and oxygen atoms in total. The molecule has 3 aromatic rings. The lowest BCUT2D eigenvalue weighted by Crippen LogP contribution is -2.35. The van der Waals surface area contributed by atoms with Crippen molar-refractivity contribution in [1.29, 1.82) is 0 Å². The Balaban J connectivity index is 1.66. The van der Waals surface area contributed by atoms with E-state index in [2.05, 4.69) is 0 Å². The summed E-state index contributed by atoms with van der Waals surface area (Å²) in [4.78, 5) is 28.6. The van der Waals surface area contributed by atoms with Gasteiger partial charge in [0.15, 0.2) is 16.6 Å². The third kappa shape index (κ3) is 6.50.